The average molecular weight is 412 g/mol. The van der Waals surface area contributed by atoms with Crippen LogP contribution in [-0.2, 0) is 0 Å². The van der Waals surface area contributed by atoms with E-state index in [1.165, 1.54) is 24.5 Å². The van der Waals surface area contributed by atoms with Gasteiger partial charge in [-0.2, -0.15) is 0 Å². The van der Waals surface area contributed by atoms with Crippen LogP contribution in [0.4, 0.5) is 11.4 Å². The van der Waals surface area contributed by atoms with Gasteiger partial charge in [0.2, 0.25) is 0 Å². The Hall–Kier alpha value is -3.16. The quantitative estimate of drug-likeness (QED) is 0.453. The zero-order valence-electron chi connectivity index (χ0n) is 14.6. The molecule has 0 atom stereocenters. The van der Waals surface area contributed by atoms with Crippen molar-refractivity contribution in [3.05, 3.63) is 64.8 Å². The van der Waals surface area contributed by atoms with Crippen LogP contribution in [0.15, 0.2) is 54.2 Å². The summed E-state index contributed by atoms with van der Waals surface area (Å²) in [6.45, 7) is 0. The van der Waals surface area contributed by atoms with E-state index in [4.69, 9.17) is 16.3 Å². The summed E-state index contributed by atoms with van der Waals surface area (Å²) in [6, 6.07) is 10.2. The van der Waals surface area contributed by atoms with Gasteiger partial charge in [-0.3, -0.25) is 4.98 Å². The molecule has 0 aliphatic carbocycles. The van der Waals surface area contributed by atoms with E-state index in [1.54, 1.807) is 36.7 Å². The summed E-state index contributed by atoms with van der Waals surface area (Å²) >= 11 is 7.68. The van der Waals surface area contributed by atoms with Crippen LogP contribution in [0.25, 0.3) is 21.5 Å². The topological polar surface area (TPSA) is 84.3 Å². The molecular weight excluding hydrogens is 398 g/mol. The van der Waals surface area contributed by atoms with Gasteiger partial charge in [0.15, 0.2) is 0 Å². The number of fused-ring (bicyclic) bond motifs is 1. The Bertz CT molecular complexity index is 1180. The maximum Gasteiger partial charge on any atom is 0.337 e. The van der Waals surface area contributed by atoms with Crippen molar-refractivity contribution in [2.45, 2.75) is 0 Å². The zero-order valence-corrected chi connectivity index (χ0v) is 16.2. The van der Waals surface area contributed by atoms with Crippen LogP contribution in [0.1, 0.15) is 10.4 Å². The first kappa shape index (κ1) is 18.2. The first-order valence-corrected chi connectivity index (χ1v) is 9.49. The molecule has 8 heteroatoms. The van der Waals surface area contributed by atoms with Gasteiger partial charge in [0.25, 0.3) is 0 Å². The number of rotatable bonds is 5. The zero-order chi connectivity index (χ0) is 19.7. The Morgan fingerprint density at radius 2 is 2.07 bits per heavy atom. The summed E-state index contributed by atoms with van der Waals surface area (Å²) < 4.78 is 5.15. The molecule has 4 aromatic rings. The fourth-order valence-electron chi connectivity index (χ4n) is 2.89. The van der Waals surface area contributed by atoms with Gasteiger partial charge in [0.1, 0.15) is 10.8 Å². The first-order chi connectivity index (χ1) is 13.6. The number of ether oxygens (including phenoxy) is 1. The molecule has 0 radical (unpaired) electrons. The van der Waals surface area contributed by atoms with Crippen LogP contribution < -0.4 is 10.1 Å². The molecular formula is C20H14ClN3O3S. The van der Waals surface area contributed by atoms with Gasteiger partial charge >= 0.3 is 5.97 Å². The third-order valence-corrected chi connectivity index (χ3v) is 5.25. The standard InChI is InChI=1S/C20H14ClN3O3S/c1-27-12-3-5-17(14(9-12)20(25)26)24-18-13-8-11(21)2-4-16(13)23-10-15(18)19-22-6-7-28-19/h2-10H,1H3,(H,23,24)(H,25,26). The third-order valence-electron chi connectivity index (χ3n) is 4.21. The molecule has 0 fully saturated rings. The molecule has 2 aromatic carbocycles. The summed E-state index contributed by atoms with van der Waals surface area (Å²) in [5.41, 5.74) is 2.71. The van der Waals surface area contributed by atoms with Crippen molar-refractivity contribution in [2.75, 3.05) is 12.4 Å². The van der Waals surface area contributed by atoms with Gasteiger partial charge in [-0.25, -0.2) is 9.78 Å². The number of methoxy groups -OCH3 is 1. The number of thiazole rings is 1. The molecule has 0 unspecified atom stereocenters. The molecule has 2 heterocycles. The van der Waals surface area contributed by atoms with Gasteiger partial charge in [-0.05, 0) is 36.4 Å². The van der Waals surface area contributed by atoms with E-state index in [2.05, 4.69) is 15.3 Å². The number of anilines is 2. The fraction of sp³-hybridized carbons (Fsp3) is 0.0500. The minimum atomic E-state index is -1.06. The first-order valence-electron chi connectivity index (χ1n) is 8.23. The normalized spacial score (nSPS) is 10.8. The van der Waals surface area contributed by atoms with Gasteiger partial charge < -0.3 is 15.2 Å². The van der Waals surface area contributed by atoms with Crippen molar-refractivity contribution in [3.63, 3.8) is 0 Å². The van der Waals surface area contributed by atoms with E-state index < -0.39 is 5.97 Å². The van der Waals surface area contributed by atoms with E-state index in [1.807, 2.05) is 11.4 Å². The number of aromatic carboxylic acids is 1. The molecule has 0 aliphatic heterocycles. The van der Waals surface area contributed by atoms with E-state index in [0.717, 1.165) is 21.5 Å². The van der Waals surface area contributed by atoms with Crippen LogP contribution in [-0.4, -0.2) is 28.2 Å². The smallest absolute Gasteiger partial charge is 0.337 e. The highest BCUT2D eigenvalue weighted by atomic mass is 35.5. The van der Waals surface area contributed by atoms with E-state index in [9.17, 15) is 9.90 Å². The molecule has 140 valence electrons. The van der Waals surface area contributed by atoms with Crippen LogP contribution in [0.2, 0.25) is 5.02 Å². The molecule has 0 saturated heterocycles. The van der Waals surface area contributed by atoms with Crippen LogP contribution in [0.5, 0.6) is 5.75 Å². The number of hydrogen-bond donors (Lipinski definition) is 2. The lowest BCUT2D eigenvalue weighted by molar-refractivity contribution is 0.0697. The SMILES string of the molecule is COc1ccc(Nc2c(-c3nccs3)cnc3ccc(Cl)cc23)c(C(=O)O)c1. The predicted octanol–water partition coefficient (Wildman–Crippen LogP) is 5.46. The van der Waals surface area contributed by atoms with Gasteiger partial charge in [0, 0.05) is 28.2 Å². The number of carbonyl (C=O) groups is 1. The molecule has 0 spiro atoms. The monoisotopic (exact) mass is 411 g/mol. The molecule has 4 rings (SSSR count). The van der Waals surface area contributed by atoms with Crippen LogP contribution >= 0.6 is 22.9 Å². The molecule has 0 saturated carbocycles. The third kappa shape index (κ3) is 3.37. The van der Waals surface area contributed by atoms with Crippen molar-refractivity contribution in [1.82, 2.24) is 9.97 Å². The highest BCUT2D eigenvalue weighted by Gasteiger charge is 2.17. The van der Waals surface area contributed by atoms with Gasteiger partial charge in [-0.1, -0.05) is 11.6 Å². The summed E-state index contributed by atoms with van der Waals surface area (Å²) in [5.74, 6) is -0.598. The fourth-order valence-corrected chi connectivity index (χ4v) is 3.72. The highest BCUT2D eigenvalue weighted by molar-refractivity contribution is 7.13. The number of hydrogen-bond acceptors (Lipinski definition) is 6. The van der Waals surface area contributed by atoms with Crippen molar-refractivity contribution in [2.24, 2.45) is 0 Å². The molecule has 2 aromatic heterocycles. The van der Waals surface area contributed by atoms with Crippen molar-refractivity contribution < 1.29 is 14.6 Å². The Morgan fingerprint density at radius 3 is 2.79 bits per heavy atom. The minimum Gasteiger partial charge on any atom is -0.497 e. The second-order valence-corrected chi connectivity index (χ2v) is 7.22. The number of benzene rings is 2. The molecule has 0 aliphatic rings. The number of halogens is 1. The molecule has 28 heavy (non-hydrogen) atoms. The van der Waals surface area contributed by atoms with Crippen LogP contribution in [0, 0.1) is 0 Å². The predicted molar refractivity (Wildman–Crippen MR) is 111 cm³/mol. The minimum absolute atomic E-state index is 0.0939. The number of carboxylic acids is 1. The number of pyridine rings is 1. The average Bonchev–Trinajstić information content (AvgIpc) is 3.23. The number of aromatic nitrogens is 2. The largest absolute Gasteiger partial charge is 0.497 e. The van der Waals surface area contributed by atoms with Gasteiger partial charge in [-0.15, -0.1) is 11.3 Å². The molecule has 6 nitrogen and oxygen atoms in total. The Kier molecular flexibility index (Phi) is 4.85. The number of nitrogens with one attached hydrogen (secondary N) is 1. The lowest BCUT2D eigenvalue weighted by atomic mass is 10.1. The van der Waals surface area contributed by atoms with Crippen molar-refractivity contribution in [1.29, 1.82) is 0 Å². The highest BCUT2D eigenvalue weighted by Crippen LogP contribution is 2.38. The Labute approximate surface area is 169 Å². The molecule has 0 bridgehead atoms. The van der Waals surface area contributed by atoms with E-state index in [-0.39, 0.29) is 5.56 Å². The Balaban J connectivity index is 1.94. The van der Waals surface area contributed by atoms with E-state index in [0.29, 0.717) is 22.1 Å². The van der Waals surface area contributed by atoms with E-state index >= 15 is 0 Å². The summed E-state index contributed by atoms with van der Waals surface area (Å²) in [4.78, 5) is 20.6. The lowest BCUT2D eigenvalue weighted by Gasteiger charge is -2.16. The lowest BCUT2D eigenvalue weighted by Crippen LogP contribution is -2.05. The Morgan fingerprint density at radius 1 is 1.21 bits per heavy atom. The summed E-state index contributed by atoms with van der Waals surface area (Å²) in [6.07, 6.45) is 3.43. The maximum atomic E-state index is 11.8. The van der Waals surface area contributed by atoms with Gasteiger partial charge in [0.05, 0.1) is 35.1 Å². The summed E-state index contributed by atoms with van der Waals surface area (Å²) in [5, 5.41) is 16.9. The summed E-state index contributed by atoms with van der Waals surface area (Å²) in [7, 11) is 1.49. The number of nitrogens with zero attached hydrogens (tertiary/aromatic N) is 2. The van der Waals surface area contributed by atoms with Crippen molar-refractivity contribution in [3.8, 4) is 16.3 Å². The van der Waals surface area contributed by atoms with Crippen LogP contribution in [0.3, 0.4) is 0 Å². The molecule has 0 amide bonds. The second-order valence-electron chi connectivity index (χ2n) is 5.89. The maximum absolute atomic E-state index is 11.8. The second kappa shape index (κ2) is 7.46. The molecule has 2 N–H and O–H groups in total. The van der Waals surface area contributed by atoms with Crippen molar-refractivity contribution >= 4 is 51.2 Å². The number of carboxylic acid groups (broad SMARTS) is 1.